The van der Waals surface area contributed by atoms with Gasteiger partial charge in [-0.25, -0.2) is 0 Å². The Kier molecular flexibility index (Phi) is 5.69. The van der Waals surface area contributed by atoms with Crippen molar-refractivity contribution in [3.05, 3.63) is 30.1 Å². The molecule has 90 valence electrons. The maximum Gasteiger partial charge on any atom is 0.0716 e. The molecule has 0 radical (unpaired) electrons. The van der Waals surface area contributed by atoms with E-state index in [1.807, 2.05) is 12.1 Å². The summed E-state index contributed by atoms with van der Waals surface area (Å²) in [5, 5.41) is 16.1. The van der Waals surface area contributed by atoms with E-state index in [4.69, 9.17) is 0 Å². The molecule has 0 aromatic carbocycles. The normalized spacial score (nSPS) is 24.1. The van der Waals surface area contributed by atoms with Gasteiger partial charge in [0.05, 0.1) is 6.10 Å². The van der Waals surface area contributed by atoms with Gasteiger partial charge in [-0.3, -0.25) is 4.98 Å². The monoisotopic (exact) mass is 243 g/mol. The van der Waals surface area contributed by atoms with E-state index in [2.05, 4.69) is 15.6 Å². The van der Waals surface area contributed by atoms with Gasteiger partial charge >= 0.3 is 0 Å². The van der Waals surface area contributed by atoms with Crippen molar-refractivity contribution in [3.8, 4) is 0 Å². The summed E-state index contributed by atoms with van der Waals surface area (Å²) in [5.74, 6) is 0.340. The highest BCUT2D eigenvalue weighted by molar-refractivity contribution is 5.85. The lowest BCUT2D eigenvalue weighted by Crippen LogP contribution is -2.30. The van der Waals surface area contributed by atoms with Gasteiger partial charge < -0.3 is 15.7 Å². The Morgan fingerprint density at radius 3 is 2.75 bits per heavy atom. The van der Waals surface area contributed by atoms with E-state index >= 15 is 0 Å². The molecule has 1 aromatic heterocycles. The van der Waals surface area contributed by atoms with Gasteiger partial charge in [-0.05, 0) is 17.7 Å². The van der Waals surface area contributed by atoms with Gasteiger partial charge in [0, 0.05) is 44.5 Å². The van der Waals surface area contributed by atoms with Gasteiger partial charge in [0.1, 0.15) is 0 Å². The summed E-state index contributed by atoms with van der Waals surface area (Å²) in [7, 11) is 0. The highest BCUT2D eigenvalue weighted by Crippen LogP contribution is 2.07. The first-order valence-electron chi connectivity index (χ1n) is 5.34. The number of nitrogens with zero attached hydrogens (tertiary/aromatic N) is 1. The lowest BCUT2D eigenvalue weighted by atomic mass is 10.1. The third-order valence-corrected chi connectivity index (χ3v) is 2.79. The fourth-order valence-electron chi connectivity index (χ4n) is 1.83. The zero-order valence-electron chi connectivity index (χ0n) is 9.10. The van der Waals surface area contributed by atoms with Crippen LogP contribution in [0.15, 0.2) is 24.5 Å². The molecular weight excluding hydrogens is 226 g/mol. The van der Waals surface area contributed by atoms with Crippen LogP contribution in [0.1, 0.15) is 5.56 Å². The van der Waals surface area contributed by atoms with Crippen LogP contribution in [0.2, 0.25) is 0 Å². The van der Waals surface area contributed by atoms with Crippen molar-refractivity contribution < 1.29 is 5.11 Å². The Labute approximate surface area is 102 Å². The molecule has 0 aliphatic carbocycles. The molecule has 1 aromatic rings. The minimum Gasteiger partial charge on any atom is -0.391 e. The Morgan fingerprint density at radius 1 is 1.38 bits per heavy atom. The average Bonchev–Trinajstić information content (AvgIpc) is 2.66. The number of hydrogen-bond donors (Lipinski definition) is 3. The van der Waals surface area contributed by atoms with Crippen LogP contribution in [0.25, 0.3) is 0 Å². The van der Waals surface area contributed by atoms with Gasteiger partial charge in [-0.15, -0.1) is 12.4 Å². The molecule has 4 nitrogen and oxygen atoms in total. The van der Waals surface area contributed by atoms with E-state index in [1.54, 1.807) is 12.4 Å². The van der Waals surface area contributed by atoms with Gasteiger partial charge in [0.15, 0.2) is 0 Å². The maximum atomic E-state index is 9.57. The molecule has 1 saturated heterocycles. The summed E-state index contributed by atoms with van der Waals surface area (Å²) in [5.41, 5.74) is 1.23. The van der Waals surface area contributed by atoms with Crippen molar-refractivity contribution in [2.75, 3.05) is 19.6 Å². The molecule has 16 heavy (non-hydrogen) atoms. The summed E-state index contributed by atoms with van der Waals surface area (Å²) in [6.45, 7) is 3.33. The van der Waals surface area contributed by atoms with Crippen molar-refractivity contribution in [2.24, 2.45) is 5.92 Å². The number of hydrogen-bond acceptors (Lipinski definition) is 4. The number of pyridine rings is 1. The molecule has 0 bridgehead atoms. The van der Waals surface area contributed by atoms with Crippen LogP contribution in [0.4, 0.5) is 0 Å². The minimum absolute atomic E-state index is 0. The van der Waals surface area contributed by atoms with Gasteiger partial charge in [-0.2, -0.15) is 0 Å². The highest BCUT2D eigenvalue weighted by atomic mass is 35.5. The van der Waals surface area contributed by atoms with E-state index in [1.165, 1.54) is 5.56 Å². The summed E-state index contributed by atoms with van der Waals surface area (Å²) < 4.78 is 0. The van der Waals surface area contributed by atoms with Crippen molar-refractivity contribution in [1.29, 1.82) is 0 Å². The number of aliphatic hydroxyl groups excluding tert-OH is 1. The quantitative estimate of drug-likeness (QED) is 0.706. The molecular formula is C11H18ClN3O. The van der Waals surface area contributed by atoms with Crippen LogP contribution >= 0.6 is 12.4 Å². The first-order chi connectivity index (χ1) is 7.36. The summed E-state index contributed by atoms with van der Waals surface area (Å²) in [6, 6.07) is 3.99. The van der Waals surface area contributed by atoms with Gasteiger partial charge in [0.2, 0.25) is 0 Å². The van der Waals surface area contributed by atoms with E-state index in [9.17, 15) is 5.11 Å². The standard InChI is InChI=1S/C11H17N3O.ClH/c15-11-8-14-7-10(11)6-13-5-9-1-3-12-4-2-9;/h1-4,10-11,13-15H,5-8H2;1H. The van der Waals surface area contributed by atoms with Crippen molar-refractivity contribution >= 4 is 12.4 Å². The predicted molar refractivity (Wildman–Crippen MR) is 65.6 cm³/mol. The second-order valence-corrected chi connectivity index (χ2v) is 3.97. The number of β-amino-alcohol motifs (C(OH)–C–C–N with tert-alkyl or cyclic N) is 1. The van der Waals surface area contributed by atoms with E-state index in [0.717, 1.165) is 26.2 Å². The first kappa shape index (κ1) is 13.4. The summed E-state index contributed by atoms with van der Waals surface area (Å²) in [6.07, 6.45) is 3.39. The van der Waals surface area contributed by atoms with Crippen LogP contribution in [-0.2, 0) is 6.54 Å². The number of aromatic nitrogens is 1. The topological polar surface area (TPSA) is 57.2 Å². The second kappa shape index (κ2) is 6.81. The third kappa shape index (κ3) is 3.72. The molecule has 1 aliphatic heterocycles. The number of aliphatic hydroxyl groups is 1. The SMILES string of the molecule is Cl.OC1CNCC1CNCc1ccncc1. The van der Waals surface area contributed by atoms with Crippen molar-refractivity contribution in [3.63, 3.8) is 0 Å². The number of halogens is 1. The number of nitrogens with one attached hydrogen (secondary N) is 2. The fourth-order valence-corrected chi connectivity index (χ4v) is 1.83. The molecule has 3 N–H and O–H groups in total. The van der Waals surface area contributed by atoms with E-state index < -0.39 is 0 Å². The fraction of sp³-hybridized carbons (Fsp3) is 0.545. The summed E-state index contributed by atoms with van der Waals surface area (Å²) in [4.78, 5) is 3.97. The molecule has 2 unspecified atom stereocenters. The van der Waals surface area contributed by atoms with Crippen LogP contribution in [0, 0.1) is 5.92 Å². The Bertz CT molecular complexity index is 297. The van der Waals surface area contributed by atoms with Crippen LogP contribution in [0.5, 0.6) is 0 Å². The largest absolute Gasteiger partial charge is 0.391 e. The predicted octanol–water partition coefficient (Wildman–Crippen LogP) is 0.173. The van der Waals surface area contributed by atoms with E-state index in [-0.39, 0.29) is 18.5 Å². The molecule has 5 heteroatoms. The maximum absolute atomic E-state index is 9.57. The van der Waals surface area contributed by atoms with Crippen molar-refractivity contribution in [1.82, 2.24) is 15.6 Å². The Hall–Kier alpha value is -0.680. The molecule has 2 heterocycles. The summed E-state index contributed by atoms with van der Waals surface area (Å²) >= 11 is 0. The van der Waals surface area contributed by atoms with Gasteiger partial charge in [-0.1, -0.05) is 0 Å². The highest BCUT2D eigenvalue weighted by Gasteiger charge is 2.23. The Morgan fingerprint density at radius 2 is 2.12 bits per heavy atom. The number of rotatable bonds is 4. The molecule has 0 amide bonds. The minimum atomic E-state index is -0.199. The van der Waals surface area contributed by atoms with Crippen LogP contribution in [-0.4, -0.2) is 35.8 Å². The zero-order valence-corrected chi connectivity index (χ0v) is 9.91. The molecule has 2 rings (SSSR count). The molecule has 1 fully saturated rings. The van der Waals surface area contributed by atoms with E-state index in [0.29, 0.717) is 5.92 Å². The smallest absolute Gasteiger partial charge is 0.0716 e. The molecule has 0 saturated carbocycles. The second-order valence-electron chi connectivity index (χ2n) is 3.97. The lowest BCUT2D eigenvalue weighted by Gasteiger charge is -2.13. The average molecular weight is 244 g/mol. The first-order valence-corrected chi connectivity index (χ1v) is 5.34. The molecule has 0 spiro atoms. The Balaban J connectivity index is 0.00000128. The lowest BCUT2D eigenvalue weighted by molar-refractivity contribution is 0.146. The van der Waals surface area contributed by atoms with Crippen LogP contribution in [0.3, 0.4) is 0 Å². The third-order valence-electron chi connectivity index (χ3n) is 2.79. The zero-order chi connectivity index (χ0) is 10.5. The van der Waals surface area contributed by atoms with Crippen molar-refractivity contribution in [2.45, 2.75) is 12.6 Å². The molecule has 1 aliphatic rings. The molecule has 2 atom stereocenters. The van der Waals surface area contributed by atoms with Crippen LogP contribution < -0.4 is 10.6 Å². The van der Waals surface area contributed by atoms with Gasteiger partial charge in [0.25, 0.3) is 0 Å².